The van der Waals surface area contributed by atoms with Gasteiger partial charge in [-0.2, -0.15) is 0 Å². The Morgan fingerprint density at radius 2 is 1.52 bits per heavy atom. The smallest absolute Gasteiger partial charge is 0.232 e. The topological polar surface area (TPSA) is 8.81 Å². The molecule has 148 valence electrons. The van der Waals surface area contributed by atoms with Crippen LogP contribution in [-0.4, -0.2) is 4.57 Å². The van der Waals surface area contributed by atoms with Crippen molar-refractivity contribution in [1.29, 1.82) is 0 Å². The Morgan fingerprint density at radius 1 is 0.931 bits per heavy atom. The lowest BCUT2D eigenvalue weighted by molar-refractivity contribution is -0.711. The van der Waals surface area contributed by atoms with Gasteiger partial charge >= 0.3 is 0 Å². The van der Waals surface area contributed by atoms with Crippen molar-refractivity contribution in [2.45, 2.75) is 45.7 Å². The van der Waals surface area contributed by atoms with Crippen molar-refractivity contribution < 1.29 is 4.57 Å². The molecular weight excluding hydrogens is 371 g/mol. The molecule has 2 nitrogen and oxygen atoms in total. The summed E-state index contributed by atoms with van der Waals surface area (Å²) in [6.45, 7) is 9.06. The maximum Gasteiger partial charge on any atom is 0.244 e. The highest BCUT2D eigenvalue weighted by atomic mass is 31.1. The van der Waals surface area contributed by atoms with Crippen LogP contribution in [0.5, 0.6) is 0 Å². The first-order chi connectivity index (χ1) is 13.9. The summed E-state index contributed by atoms with van der Waals surface area (Å²) in [5, 5.41) is 4.33. The first kappa shape index (κ1) is 19.9. The van der Waals surface area contributed by atoms with Crippen molar-refractivity contribution in [3.8, 4) is 0 Å². The lowest BCUT2D eigenvalue weighted by atomic mass is 10.1. The summed E-state index contributed by atoms with van der Waals surface area (Å²) >= 11 is 0. The van der Waals surface area contributed by atoms with E-state index in [1.54, 1.807) is 0 Å². The van der Waals surface area contributed by atoms with Crippen molar-refractivity contribution in [1.82, 2.24) is 4.57 Å². The van der Waals surface area contributed by atoms with E-state index in [-0.39, 0.29) is 5.54 Å². The number of hydrogen-bond donors (Lipinski definition) is 0. The highest BCUT2D eigenvalue weighted by Crippen LogP contribution is 2.49. The lowest BCUT2D eigenvalue weighted by Gasteiger charge is -2.23. The molecular formula is C26H30N2P+. The Bertz CT molecular complexity index is 984. The molecule has 0 saturated heterocycles. The minimum atomic E-state index is -0.557. The van der Waals surface area contributed by atoms with Crippen LogP contribution < -0.4 is 15.2 Å². The quantitative estimate of drug-likeness (QED) is 0.398. The van der Waals surface area contributed by atoms with Gasteiger partial charge in [-0.3, -0.25) is 0 Å². The van der Waals surface area contributed by atoms with E-state index in [1.807, 2.05) is 0 Å². The van der Waals surface area contributed by atoms with Crippen LogP contribution in [0.2, 0.25) is 0 Å². The molecule has 0 N–H and O–H groups in total. The fourth-order valence-electron chi connectivity index (χ4n) is 3.87. The highest BCUT2D eigenvalue weighted by Gasteiger charge is 2.28. The largest absolute Gasteiger partial charge is 0.244 e. The molecule has 0 aliphatic heterocycles. The fraction of sp³-hybridized carbons (Fsp3) is 0.269. The number of aromatic nitrogens is 2. The van der Waals surface area contributed by atoms with Gasteiger partial charge in [0, 0.05) is 0 Å². The number of imidazole rings is 1. The van der Waals surface area contributed by atoms with E-state index in [0.29, 0.717) is 6.04 Å². The summed E-state index contributed by atoms with van der Waals surface area (Å²) in [6, 6.07) is 22.3. The SMILES string of the molecule is CC(C1=C(P(c2ccccc2)c2ccccc2)C=CC1)[n+]1ccn(C(C)(C)C)c1. The normalized spacial score (nSPS) is 15.3. The number of benzene rings is 2. The lowest BCUT2D eigenvalue weighted by Crippen LogP contribution is -2.38. The summed E-state index contributed by atoms with van der Waals surface area (Å²) in [6.07, 6.45) is 12.4. The average Bonchev–Trinajstić information content (AvgIpc) is 3.39. The van der Waals surface area contributed by atoms with E-state index in [1.165, 1.54) is 21.5 Å². The summed E-state index contributed by atoms with van der Waals surface area (Å²) < 4.78 is 4.65. The van der Waals surface area contributed by atoms with E-state index >= 15 is 0 Å². The molecule has 0 radical (unpaired) electrons. The molecule has 4 rings (SSSR count). The first-order valence-electron chi connectivity index (χ1n) is 10.3. The van der Waals surface area contributed by atoms with Gasteiger partial charge in [0.05, 0.1) is 0 Å². The molecule has 0 amide bonds. The molecule has 0 saturated carbocycles. The third-order valence-corrected chi connectivity index (χ3v) is 8.14. The Morgan fingerprint density at radius 3 is 2.03 bits per heavy atom. The Balaban J connectivity index is 1.78. The molecule has 1 aliphatic rings. The monoisotopic (exact) mass is 401 g/mol. The van der Waals surface area contributed by atoms with Crippen molar-refractivity contribution in [3.63, 3.8) is 0 Å². The van der Waals surface area contributed by atoms with Gasteiger partial charge < -0.3 is 0 Å². The predicted molar refractivity (Wildman–Crippen MR) is 124 cm³/mol. The zero-order valence-corrected chi connectivity index (χ0v) is 18.7. The molecule has 0 bridgehead atoms. The summed E-state index contributed by atoms with van der Waals surface area (Å²) in [5.74, 6) is 0. The zero-order valence-electron chi connectivity index (χ0n) is 17.8. The van der Waals surface area contributed by atoms with Crippen molar-refractivity contribution >= 4 is 18.5 Å². The number of rotatable bonds is 5. The van der Waals surface area contributed by atoms with Crippen LogP contribution in [0.1, 0.15) is 40.2 Å². The van der Waals surface area contributed by atoms with E-state index < -0.39 is 7.92 Å². The summed E-state index contributed by atoms with van der Waals surface area (Å²) in [5.41, 5.74) is 1.62. The standard InChI is InChI=1S/C26H30N2P/c1-21(27-18-19-28(20-27)26(2,3)4)24-16-11-17-25(24)29(22-12-7-5-8-13-22)23-14-9-6-10-15-23/h5-15,17-21H,16H2,1-4H3/q+1. The average molecular weight is 402 g/mol. The second kappa shape index (κ2) is 8.13. The second-order valence-electron chi connectivity index (χ2n) is 8.64. The predicted octanol–water partition coefficient (Wildman–Crippen LogP) is 5.44. The second-order valence-corrected chi connectivity index (χ2v) is 10.8. The molecule has 3 aromatic rings. The van der Waals surface area contributed by atoms with Gasteiger partial charge in [-0.1, -0.05) is 72.8 Å². The third-order valence-electron chi connectivity index (χ3n) is 5.60. The molecule has 1 heterocycles. The number of hydrogen-bond acceptors (Lipinski definition) is 0. The number of nitrogens with zero attached hydrogens (tertiary/aromatic N) is 2. The summed E-state index contributed by atoms with van der Waals surface area (Å²) in [4.78, 5) is 0. The summed E-state index contributed by atoms with van der Waals surface area (Å²) in [7, 11) is -0.557. The van der Waals surface area contributed by atoms with E-state index in [4.69, 9.17) is 0 Å². The van der Waals surface area contributed by atoms with Gasteiger partial charge in [0.25, 0.3) is 0 Å². The molecule has 2 aromatic carbocycles. The van der Waals surface area contributed by atoms with Gasteiger partial charge in [0.1, 0.15) is 24.0 Å². The van der Waals surface area contributed by atoms with Crippen molar-refractivity contribution in [3.05, 3.63) is 102 Å². The zero-order chi connectivity index (χ0) is 20.4. The first-order valence-corrected chi connectivity index (χ1v) is 11.7. The van der Waals surface area contributed by atoms with Crippen molar-refractivity contribution in [2.75, 3.05) is 0 Å². The fourth-order valence-corrected chi connectivity index (χ4v) is 6.48. The minimum Gasteiger partial charge on any atom is -0.232 e. The minimum absolute atomic E-state index is 0.0941. The van der Waals surface area contributed by atoms with Crippen LogP contribution >= 0.6 is 7.92 Å². The highest BCUT2D eigenvalue weighted by molar-refractivity contribution is 7.77. The molecule has 1 atom stereocenters. The van der Waals surface area contributed by atoms with E-state index in [0.717, 1.165) is 6.42 Å². The van der Waals surface area contributed by atoms with E-state index in [9.17, 15) is 0 Å². The maximum atomic E-state index is 2.37. The molecule has 1 aromatic heterocycles. The van der Waals surface area contributed by atoms with Gasteiger partial charge in [-0.25, -0.2) is 9.13 Å². The Kier molecular flexibility index (Phi) is 5.56. The van der Waals surface area contributed by atoms with Crippen LogP contribution in [0.15, 0.2) is 102 Å². The van der Waals surface area contributed by atoms with Crippen LogP contribution in [0.4, 0.5) is 0 Å². The number of allylic oxidation sites excluding steroid dienone is 4. The maximum absolute atomic E-state index is 2.37. The van der Waals surface area contributed by atoms with Gasteiger partial charge in [-0.05, 0) is 63.5 Å². The molecule has 3 heteroatoms. The molecule has 0 fully saturated rings. The van der Waals surface area contributed by atoms with Crippen LogP contribution in [0.3, 0.4) is 0 Å². The molecule has 0 spiro atoms. The Labute approximate surface area is 176 Å². The molecule has 29 heavy (non-hydrogen) atoms. The van der Waals surface area contributed by atoms with Crippen molar-refractivity contribution in [2.24, 2.45) is 0 Å². The van der Waals surface area contributed by atoms with Crippen LogP contribution in [0, 0.1) is 0 Å². The van der Waals surface area contributed by atoms with Gasteiger partial charge in [-0.15, -0.1) is 0 Å². The molecule has 1 aliphatic carbocycles. The third kappa shape index (κ3) is 4.14. The van der Waals surface area contributed by atoms with Gasteiger partial charge in [0.2, 0.25) is 6.33 Å². The van der Waals surface area contributed by atoms with Crippen LogP contribution in [-0.2, 0) is 5.54 Å². The van der Waals surface area contributed by atoms with Crippen LogP contribution in [0.25, 0.3) is 0 Å². The Hall–Kier alpha value is -2.44. The van der Waals surface area contributed by atoms with E-state index in [2.05, 4.69) is 128 Å². The van der Waals surface area contributed by atoms with Gasteiger partial charge in [0.15, 0.2) is 0 Å². The molecule has 1 unspecified atom stereocenters.